The second-order valence-electron chi connectivity index (χ2n) is 7.27. The molecule has 6 heteroatoms. The summed E-state index contributed by atoms with van der Waals surface area (Å²) in [6, 6.07) is 21.9. The highest BCUT2D eigenvalue weighted by atomic mass is 16.5. The van der Waals surface area contributed by atoms with Gasteiger partial charge in [-0.15, -0.1) is 0 Å². The van der Waals surface area contributed by atoms with Gasteiger partial charge < -0.3 is 20.3 Å². The molecule has 1 aliphatic heterocycles. The Hall–Kier alpha value is -3.38. The summed E-state index contributed by atoms with van der Waals surface area (Å²) in [7, 11) is 1.63. The molecule has 2 N–H and O–H groups in total. The van der Waals surface area contributed by atoms with Gasteiger partial charge in [0.2, 0.25) is 0 Å². The molecule has 0 spiro atoms. The van der Waals surface area contributed by atoms with Gasteiger partial charge in [0.1, 0.15) is 11.6 Å². The van der Waals surface area contributed by atoms with Gasteiger partial charge in [0.15, 0.2) is 0 Å². The Kier molecular flexibility index (Phi) is 6.25. The standard InChI is InChI=1S/C24H26N4O2/c1-30-20-10-5-7-18(15-20)16-27-24(29)21-11-6-12-26-23(21)28-14-13-25-22(17-28)19-8-3-2-4-9-19/h2-12,15,22,25H,13-14,16-17H2,1H3,(H,27,29)/t22-/m1/s1. The molecule has 6 nitrogen and oxygen atoms in total. The van der Waals surface area contributed by atoms with E-state index in [1.54, 1.807) is 19.4 Å². The zero-order valence-corrected chi connectivity index (χ0v) is 17.0. The van der Waals surface area contributed by atoms with Crippen LogP contribution in [0.1, 0.15) is 27.5 Å². The minimum absolute atomic E-state index is 0.129. The minimum Gasteiger partial charge on any atom is -0.497 e. The fourth-order valence-corrected chi connectivity index (χ4v) is 3.74. The third kappa shape index (κ3) is 4.60. The van der Waals surface area contributed by atoms with Crippen LogP contribution in [0.4, 0.5) is 5.82 Å². The molecule has 1 amide bonds. The first-order chi connectivity index (χ1) is 14.7. The van der Waals surface area contributed by atoms with Crippen molar-refractivity contribution in [2.24, 2.45) is 0 Å². The third-order valence-corrected chi connectivity index (χ3v) is 5.30. The first kappa shape index (κ1) is 19.9. The van der Waals surface area contributed by atoms with Crippen LogP contribution in [-0.4, -0.2) is 37.6 Å². The van der Waals surface area contributed by atoms with Crippen LogP contribution in [0, 0.1) is 0 Å². The molecule has 0 saturated carbocycles. The van der Waals surface area contributed by atoms with Crippen molar-refractivity contribution < 1.29 is 9.53 Å². The summed E-state index contributed by atoms with van der Waals surface area (Å²) in [5.74, 6) is 1.37. The Labute approximate surface area is 176 Å². The number of aromatic nitrogens is 1. The minimum atomic E-state index is -0.129. The normalized spacial score (nSPS) is 16.2. The summed E-state index contributed by atoms with van der Waals surface area (Å²) in [6.45, 7) is 2.83. The Bertz CT molecular complexity index is 993. The number of amides is 1. The molecule has 1 aliphatic rings. The van der Waals surface area contributed by atoms with E-state index < -0.39 is 0 Å². The number of piperazine rings is 1. The van der Waals surface area contributed by atoms with Crippen LogP contribution in [0.2, 0.25) is 0 Å². The van der Waals surface area contributed by atoms with E-state index in [2.05, 4.69) is 32.7 Å². The number of pyridine rings is 1. The summed E-state index contributed by atoms with van der Waals surface area (Å²) in [6.07, 6.45) is 1.74. The number of methoxy groups -OCH3 is 1. The van der Waals surface area contributed by atoms with Crippen LogP contribution in [0.3, 0.4) is 0 Å². The van der Waals surface area contributed by atoms with Crippen LogP contribution < -0.4 is 20.3 Å². The lowest BCUT2D eigenvalue weighted by Crippen LogP contribution is -2.46. The van der Waals surface area contributed by atoms with Crippen LogP contribution in [-0.2, 0) is 6.54 Å². The van der Waals surface area contributed by atoms with Crippen LogP contribution in [0.25, 0.3) is 0 Å². The Morgan fingerprint density at radius 2 is 2.03 bits per heavy atom. The molecule has 2 heterocycles. The molecule has 0 bridgehead atoms. The van der Waals surface area contributed by atoms with Crippen molar-refractivity contribution >= 4 is 11.7 Å². The lowest BCUT2D eigenvalue weighted by Gasteiger charge is -2.35. The van der Waals surface area contributed by atoms with Gasteiger partial charge in [0, 0.05) is 38.4 Å². The number of carbonyl (C=O) groups is 1. The highest BCUT2D eigenvalue weighted by Gasteiger charge is 2.25. The van der Waals surface area contributed by atoms with E-state index in [9.17, 15) is 4.79 Å². The first-order valence-electron chi connectivity index (χ1n) is 10.1. The van der Waals surface area contributed by atoms with Gasteiger partial charge >= 0.3 is 0 Å². The summed E-state index contributed by atoms with van der Waals surface area (Å²) >= 11 is 0. The maximum absolute atomic E-state index is 13.0. The lowest BCUT2D eigenvalue weighted by atomic mass is 10.0. The Balaban J connectivity index is 1.48. The van der Waals surface area contributed by atoms with Crippen molar-refractivity contribution in [3.05, 3.63) is 89.6 Å². The predicted octanol–water partition coefficient (Wildman–Crippen LogP) is 3.17. The van der Waals surface area contributed by atoms with Crippen molar-refractivity contribution in [2.45, 2.75) is 12.6 Å². The summed E-state index contributed by atoms with van der Waals surface area (Å²) in [5.41, 5.74) is 2.82. The molecule has 1 atom stereocenters. The lowest BCUT2D eigenvalue weighted by molar-refractivity contribution is 0.0951. The van der Waals surface area contributed by atoms with Crippen molar-refractivity contribution in [3.63, 3.8) is 0 Å². The maximum atomic E-state index is 13.0. The van der Waals surface area contributed by atoms with Gasteiger partial charge in [-0.05, 0) is 35.4 Å². The SMILES string of the molecule is COc1cccc(CNC(=O)c2cccnc2N2CCN[C@@H](c3ccccc3)C2)c1. The fraction of sp³-hybridized carbons (Fsp3) is 0.250. The average molecular weight is 402 g/mol. The third-order valence-electron chi connectivity index (χ3n) is 5.30. The number of nitrogens with one attached hydrogen (secondary N) is 2. The quantitative estimate of drug-likeness (QED) is 0.663. The van der Waals surface area contributed by atoms with E-state index in [1.807, 2.05) is 48.5 Å². The zero-order chi connectivity index (χ0) is 20.8. The number of hydrogen-bond donors (Lipinski definition) is 2. The number of benzene rings is 2. The molecule has 154 valence electrons. The molecular formula is C24H26N4O2. The monoisotopic (exact) mass is 402 g/mol. The number of hydrogen-bond acceptors (Lipinski definition) is 5. The largest absolute Gasteiger partial charge is 0.497 e. The number of nitrogens with zero attached hydrogens (tertiary/aromatic N) is 2. The topological polar surface area (TPSA) is 66.5 Å². The van der Waals surface area contributed by atoms with Crippen LogP contribution >= 0.6 is 0 Å². The highest BCUT2D eigenvalue weighted by Crippen LogP contribution is 2.24. The number of anilines is 1. The molecule has 3 aromatic rings. The molecular weight excluding hydrogens is 376 g/mol. The van der Waals surface area contributed by atoms with E-state index >= 15 is 0 Å². The van der Waals surface area contributed by atoms with E-state index in [1.165, 1.54) is 5.56 Å². The number of rotatable bonds is 6. The second kappa shape index (κ2) is 9.41. The molecule has 30 heavy (non-hydrogen) atoms. The van der Waals surface area contributed by atoms with Crippen molar-refractivity contribution in [2.75, 3.05) is 31.6 Å². The molecule has 2 aromatic carbocycles. The van der Waals surface area contributed by atoms with E-state index in [-0.39, 0.29) is 11.9 Å². The molecule has 4 rings (SSSR count). The summed E-state index contributed by atoms with van der Waals surface area (Å²) in [5, 5.41) is 6.57. The first-order valence-corrected chi connectivity index (χ1v) is 10.1. The van der Waals surface area contributed by atoms with E-state index in [4.69, 9.17) is 4.74 Å². The van der Waals surface area contributed by atoms with Gasteiger partial charge in [0.25, 0.3) is 5.91 Å². The van der Waals surface area contributed by atoms with E-state index in [0.29, 0.717) is 12.1 Å². The molecule has 0 unspecified atom stereocenters. The number of carbonyl (C=O) groups excluding carboxylic acids is 1. The van der Waals surface area contributed by atoms with Gasteiger partial charge in [-0.1, -0.05) is 42.5 Å². The van der Waals surface area contributed by atoms with Crippen molar-refractivity contribution in [3.8, 4) is 5.75 Å². The molecule has 0 aliphatic carbocycles. The summed E-state index contributed by atoms with van der Waals surface area (Å²) < 4.78 is 5.26. The Morgan fingerprint density at radius 1 is 1.17 bits per heavy atom. The van der Waals surface area contributed by atoms with Crippen LogP contribution in [0.5, 0.6) is 5.75 Å². The fourth-order valence-electron chi connectivity index (χ4n) is 3.74. The summed E-state index contributed by atoms with van der Waals surface area (Å²) in [4.78, 5) is 19.7. The van der Waals surface area contributed by atoms with Gasteiger partial charge in [-0.2, -0.15) is 0 Å². The molecule has 1 fully saturated rings. The second-order valence-corrected chi connectivity index (χ2v) is 7.27. The number of ether oxygens (including phenoxy) is 1. The molecule has 0 radical (unpaired) electrons. The zero-order valence-electron chi connectivity index (χ0n) is 17.0. The average Bonchev–Trinajstić information content (AvgIpc) is 2.83. The van der Waals surface area contributed by atoms with Gasteiger partial charge in [0.05, 0.1) is 12.7 Å². The van der Waals surface area contributed by atoms with Crippen molar-refractivity contribution in [1.29, 1.82) is 0 Å². The smallest absolute Gasteiger partial charge is 0.255 e. The molecule has 1 aromatic heterocycles. The Morgan fingerprint density at radius 3 is 2.87 bits per heavy atom. The maximum Gasteiger partial charge on any atom is 0.255 e. The highest BCUT2D eigenvalue weighted by molar-refractivity contribution is 5.98. The van der Waals surface area contributed by atoms with Gasteiger partial charge in [-0.25, -0.2) is 4.98 Å². The molecule has 1 saturated heterocycles. The van der Waals surface area contributed by atoms with Crippen LogP contribution in [0.15, 0.2) is 72.9 Å². The predicted molar refractivity (Wildman–Crippen MR) is 118 cm³/mol. The van der Waals surface area contributed by atoms with Gasteiger partial charge in [-0.3, -0.25) is 4.79 Å². The van der Waals surface area contributed by atoms with Crippen molar-refractivity contribution in [1.82, 2.24) is 15.6 Å². The van der Waals surface area contributed by atoms with E-state index in [0.717, 1.165) is 36.8 Å².